The van der Waals surface area contributed by atoms with Gasteiger partial charge in [-0.3, -0.25) is 4.90 Å². The van der Waals surface area contributed by atoms with Crippen LogP contribution in [0.25, 0.3) is 0 Å². The summed E-state index contributed by atoms with van der Waals surface area (Å²) >= 11 is 0. The molecule has 106 valence electrons. The molecule has 0 unspecified atom stereocenters. The maximum Gasteiger partial charge on any atom is 0.119 e. The van der Waals surface area contributed by atoms with Crippen molar-refractivity contribution in [1.82, 2.24) is 10.2 Å². The van der Waals surface area contributed by atoms with Crippen molar-refractivity contribution in [3.8, 4) is 5.75 Å². The van der Waals surface area contributed by atoms with Crippen LogP contribution in [0.4, 0.5) is 0 Å². The fourth-order valence-corrected chi connectivity index (χ4v) is 3.01. The van der Waals surface area contributed by atoms with Crippen molar-refractivity contribution in [1.29, 1.82) is 0 Å². The molecule has 0 spiro atoms. The first kappa shape index (κ1) is 14.4. The van der Waals surface area contributed by atoms with E-state index in [0.717, 1.165) is 31.9 Å². The predicted octanol–water partition coefficient (Wildman–Crippen LogP) is 2.69. The lowest BCUT2D eigenvalue weighted by Gasteiger charge is -2.42. The average molecular weight is 262 g/mol. The Balaban J connectivity index is 2.30. The van der Waals surface area contributed by atoms with E-state index < -0.39 is 0 Å². The zero-order valence-electron chi connectivity index (χ0n) is 12.6. The van der Waals surface area contributed by atoms with Gasteiger partial charge >= 0.3 is 0 Å². The first-order valence-electron chi connectivity index (χ1n) is 7.11. The molecule has 1 heterocycles. The predicted molar refractivity (Wildman–Crippen MR) is 79.6 cm³/mol. The van der Waals surface area contributed by atoms with Gasteiger partial charge in [0.25, 0.3) is 0 Å². The maximum absolute atomic E-state index is 5.37. The van der Waals surface area contributed by atoms with Crippen LogP contribution in [0.15, 0.2) is 24.3 Å². The molecule has 0 bridgehead atoms. The van der Waals surface area contributed by atoms with E-state index in [0.29, 0.717) is 6.04 Å². The number of hydrogen-bond donors (Lipinski definition) is 1. The van der Waals surface area contributed by atoms with E-state index in [1.807, 2.05) is 6.07 Å². The summed E-state index contributed by atoms with van der Waals surface area (Å²) in [5.41, 5.74) is 1.57. The van der Waals surface area contributed by atoms with E-state index in [9.17, 15) is 0 Å². The van der Waals surface area contributed by atoms with Crippen molar-refractivity contribution in [2.45, 2.75) is 26.8 Å². The Morgan fingerprint density at radius 3 is 2.47 bits per heavy atom. The summed E-state index contributed by atoms with van der Waals surface area (Å²) in [4.78, 5) is 2.59. The second kappa shape index (κ2) is 5.93. The van der Waals surface area contributed by atoms with Gasteiger partial charge < -0.3 is 10.1 Å². The molecule has 1 aromatic rings. The highest BCUT2D eigenvalue weighted by Crippen LogP contribution is 2.39. The first-order valence-corrected chi connectivity index (χ1v) is 7.11. The lowest BCUT2D eigenvalue weighted by Crippen LogP contribution is -2.48. The minimum Gasteiger partial charge on any atom is -0.497 e. The SMILES string of the molecule is COc1cccc([C@H](N2CCNCC2)C(C)(C)C)c1. The largest absolute Gasteiger partial charge is 0.497 e. The van der Waals surface area contributed by atoms with Gasteiger partial charge in [0, 0.05) is 32.2 Å². The molecule has 0 aromatic heterocycles. The van der Waals surface area contributed by atoms with Crippen LogP contribution in [0.3, 0.4) is 0 Å². The molecule has 0 amide bonds. The van der Waals surface area contributed by atoms with E-state index in [-0.39, 0.29) is 5.41 Å². The molecule has 1 atom stereocenters. The van der Waals surface area contributed by atoms with Gasteiger partial charge in [-0.2, -0.15) is 0 Å². The van der Waals surface area contributed by atoms with Gasteiger partial charge in [0.1, 0.15) is 5.75 Å². The van der Waals surface area contributed by atoms with Gasteiger partial charge in [0.2, 0.25) is 0 Å². The minimum absolute atomic E-state index is 0.212. The van der Waals surface area contributed by atoms with Crippen LogP contribution in [0.2, 0.25) is 0 Å². The summed E-state index contributed by atoms with van der Waals surface area (Å²) in [5, 5.41) is 3.43. The highest BCUT2D eigenvalue weighted by atomic mass is 16.5. The molecular formula is C16H26N2O. The van der Waals surface area contributed by atoms with Crippen LogP contribution >= 0.6 is 0 Å². The fraction of sp³-hybridized carbons (Fsp3) is 0.625. The highest BCUT2D eigenvalue weighted by Gasteiger charge is 2.32. The Morgan fingerprint density at radius 2 is 1.89 bits per heavy atom. The van der Waals surface area contributed by atoms with Crippen molar-refractivity contribution < 1.29 is 4.74 Å². The smallest absolute Gasteiger partial charge is 0.119 e. The zero-order valence-corrected chi connectivity index (χ0v) is 12.6. The third-order valence-corrected chi connectivity index (χ3v) is 3.75. The molecule has 3 nitrogen and oxygen atoms in total. The van der Waals surface area contributed by atoms with Crippen LogP contribution in [0.5, 0.6) is 5.75 Å². The molecule has 1 fully saturated rings. The van der Waals surface area contributed by atoms with Gasteiger partial charge in [0.15, 0.2) is 0 Å². The van der Waals surface area contributed by atoms with Crippen LogP contribution in [0, 0.1) is 5.41 Å². The molecule has 19 heavy (non-hydrogen) atoms. The van der Waals surface area contributed by atoms with Gasteiger partial charge in [-0.25, -0.2) is 0 Å². The number of piperazine rings is 1. The molecule has 1 N–H and O–H groups in total. The lowest BCUT2D eigenvalue weighted by atomic mass is 9.81. The molecule has 1 aromatic carbocycles. The summed E-state index contributed by atoms with van der Waals surface area (Å²) in [6, 6.07) is 8.94. The van der Waals surface area contributed by atoms with E-state index in [1.54, 1.807) is 7.11 Å². The number of hydrogen-bond acceptors (Lipinski definition) is 3. The van der Waals surface area contributed by atoms with Gasteiger partial charge in [-0.1, -0.05) is 32.9 Å². The monoisotopic (exact) mass is 262 g/mol. The normalized spacial score (nSPS) is 19.2. The van der Waals surface area contributed by atoms with Crippen molar-refractivity contribution in [3.63, 3.8) is 0 Å². The number of nitrogens with one attached hydrogen (secondary N) is 1. The number of benzene rings is 1. The molecule has 1 aliphatic rings. The second-order valence-electron chi connectivity index (χ2n) is 6.33. The standard InChI is InChI=1S/C16H26N2O/c1-16(2,3)15(18-10-8-17-9-11-18)13-6-5-7-14(12-13)19-4/h5-7,12,15,17H,8-11H2,1-4H3/t15-/m0/s1. The second-order valence-corrected chi connectivity index (χ2v) is 6.33. The molecule has 3 heteroatoms. The van der Waals surface area contributed by atoms with E-state index in [4.69, 9.17) is 4.74 Å². The van der Waals surface area contributed by atoms with Crippen LogP contribution in [0.1, 0.15) is 32.4 Å². The molecule has 1 saturated heterocycles. The lowest BCUT2D eigenvalue weighted by molar-refractivity contribution is 0.0861. The zero-order chi connectivity index (χ0) is 13.9. The molecule has 2 rings (SSSR count). The number of ether oxygens (including phenoxy) is 1. The Morgan fingerprint density at radius 1 is 1.21 bits per heavy atom. The molecule has 0 radical (unpaired) electrons. The minimum atomic E-state index is 0.212. The van der Waals surface area contributed by atoms with Crippen molar-refractivity contribution in [3.05, 3.63) is 29.8 Å². The van der Waals surface area contributed by atoms with Crippen LogP contribution < -0.4 is 10.1 Å². The summed E-state index contributed by atoms with van der Waals surface area (Å²) in [6.45, 7) is 11.3. The van der Waals surface area contributed by atoms with E-state index in [1.165, 1.54) is 5.56 Å². The van der Waals surface area contributed by atoms with Crippen molar-refractivity contribution in [2.75, 3.05) is 33.3 Å². The molecule has 1 aliphatic heterocycles. The maximum atomic E-state index is 5.37. The highest BCUT2D eigenvalue weighted by molar-refractivity contribution is 5.31. The van der Waals surface area contributed by atoms with Crippen molar-refractivity contribution in [2.24, 2.45) is 5.41 Å². The third kappa shape index (κ3) is 3.48. The van der Waals surface area contributed by atoms with Crippen LogP contribution in [-0.2, 0) is 0 Å². The number of nitrogens with zero attached hydrogens (tertiary/aromatic N) is 1. The van der Waals surface area contributed by atoms with E-state index >= 15 is 0 Å². The molecule has 0 aliphatic carbocycles. The van der Waals surface area contributed by atoms with Gasteiger partial charge in [0.05, 0.1) is 7.11 Å². The van der Waals surface area contributed by atoms with E-state index in [2.05, 4.69) is 49.2 Å². The molecule has 0 saturated carbocycles. The number of rotatable bonds is 3. The van der Waals surface area contributed by atoms with Gasteiger partial charge in [-0.15, -0.1) is 0 Å². The summed E-state index contributed by atoms with van der Waals surface area (Å²) < 4.78 is 5.37. The molecular weight excluding hydrogens is 236 g/mol. The Bertz CT molecular complexity index is 405. The summed E-state index contributed by atoms with van der Waals surface area (Å²) in [6.07, 6.45) is 0. The van der Waals surface area contributed by atoms with Gasteiger partial charge in [-0.05, 0) is 23.1 Å². The first-order chi connectivity index (χ1) is 9.02. The topological polar surface area (TPSA) is 24.5 Å². The average Bonchev–Trinajstić information content (AvgIpc) is 2.39. The number of methoxy groups -OCH3 is 1. The third-order valence-electron chi connectivity index (χ3n) is 3.75. The Hall–Kier alpha value is -1.06. The Labute approximate surface area is 116 Å². The quantitative estimate of drug-likeness (QED) is 0.906. The summed E-state index contributed by atoms with van der Waals surface area (Å²) in [5.74, 6) is 0.946. The van der Waals surface area contributed by atoms with Crippen molar-refractivity contribution >= 4 is 0 Å². The fourth-order valence-electron chi connectivity index (χ4n) is 3.01. The van der Waals surface area contributed by atoms with Crippen LogP contribution in [-0.4, -0.2) is 38.2 Å². The Kier molecular flexibility index (Phi) is 4.48. The summed E-state index contributed by atoms with van der Waals surface area (Å²) in [7, 11) is 1.73.